The molecule has 1 aromatic rings. The lowest BCUT2D eigenvalue weighted by molar-refractivity contribution is 0.0556. The van der Waals surface area contributed by atoms with Crippen LogP contribution in [0.25, 0.3) is 0 Å². The topological polar surface area (TPSA) is 72.9 Å². The first-order chi connectivity index (χ1) is 10.1. The quantitative estimate of drug-likeness (QED) is 0.598. The number of carbonyl (C=O) groups is 1. The monoisotopic (exact) mass is 309 g/mol. The third-order valence-corrected chi connectivity index (χ3v) is 4.90. The van der Waals surface area contributed by atoms with Crippen molar-refractivity contribution in [1.82, 2.24) is 4.31 Å². The number of hydrogen-bond acceptors (Lipinski definition) is 5. The largest absolute Gasteiger partial charge is 0.449 e. The van der Waals surface area contributed by atoms with E-state index in [1.807, 2.05) is 0 Å². The van der Waals surface area contributed by atoms with Crippen molar-refractivity contribution in [2.75, 3.05) is 32.9 Å². The summed E-state index contributed by atoms with van der Waals surface area (Å²) in [6.45, 7) is 1.31. The molecule has 0 saturated carbocycles. The summed E-state index contributed by atoms with van der Waals surface area (Å²) in [7, 11) is -3.55. The molecule has 1 aliphatic heterocycles. The fraction of sp³-hybridized carbons (Fsp3) is 0.357. The number of benzene rings is 1. The average molecular weight is 309 g/mol. The van der Waals surface area contributed by atoms with E-state index in [0.29, 0.717) is 26.3 Å². The van der Waals surface area contributed by atoms with Gasteiger partial charge in [-0.25, -0.2) is 13.2 Å². The lowest BCUT2D eigenvalue weighted by Gasteiger charge is -2.26. The predicted octanol–water partition coefficient (Wildman–Crippen LogP) is 0.497. The van der Waals surface area contributed by atoms with Gasteiger partial charge in [0.25, 0.3) is 0 Å². The zero-order valence-electron chi connectivity index (χ0n) is 11.3. The molecule has 1 heterocycles. The summed E-state index contributed by atoms with van der Waals surface area (Å²) in [5.41, 5.74) is 0.256. The van der Waals surface area contributed by atoms with E-state index in [2.05, 4.69) is 5.92 Å². The number of ether oxygens (including phenoxy) is 2. The van der Waals surface area contributed by atoms with Gasteiger partial charge in [-0.2, -0.15) is 4.31 Å². The summed E-state index contributed by atoms with van der Waals surface area (Å²) in [6.07, 6.45) is 5.00. The molecule has 1 aromatic carbocycles. The van der Waals surface area contributed by atoms with E-state index in [1.54, 1.807) is 0 Å². The molecule has 0 spiro atoms. The minimum atomic E-state index is -3.55. The number of rotatable bonds is 4. The standard InChI is InChI=1S/C14H15NO5S/c1-2-9-20-14(16)12-3-5-13(6-4-12)21(17,18)15-7-10-19-11-8-15/h1,3-6H,7-11H2. The Labute approximate surface area is 123 Å². The van der Waals surface area contributed by atoms with Crippen LogP contribution in [0, 0.1) is 12.3 Å². The van der Waals surface area contributed by atoms with Gasteiger partial charge in [0.1, 0.15) is 0 Å². The first-order valence-corrected chi connectivity index (χ1v) is 7.78. The Bertz CT molecular complexity index is 639. The minimum absolute atomic E-state index is 0.118. The smallest absolute Gasteiger partial charge is 0.339 e. The molecule has 112 valence electrons. The van der Waals surface area contributed by atoms with Crippen LogP contribution in [0.3, 0.4) is 0 Å². The SMILES string of the molecule is C#CCOC(=O)c1ccc(S(=O)(=O)N2CCOCC2)cc1. The third-order valence-electron chi connectivity index (χ3n) is 2.98. The molecule has 0 unspecified atom stereocenters. The Morgan fingerprint density at radius 2 is 1.90 bits per heavy atom. The zero-order valence-corrected chi connectivity index (χ0v) is 12.1. The molecular formula is C14H15NO5S. The van der Waals surface area contributed by atoms with E-state index in [1.165, 1.54) is 28.6 Å². The zero-order chi connectivity index (χ0) is 15.3. The Morgan fingerprint density at radius 3 is 2.48 bits per heavy atom. The molecule has 0 radical (unpaired) electrons. The van der Waals surface area contributed by atoms with E-state index in [-0.39, 0.29) is 17.1 Å². The highest BCUT2D eigenvalue weighted by Crippen LogP contribution is 2.18. The fourth-order valence-electron chi connectivity index (χ4n) is 1.89. The first kappa shape index (κ1) is 15.5. The summed E-state index contributed by atoms with van der Waals surface area (Å²) in [6, 6.07) is 5.59. The van der Waals surface area contributed by atoms with E-state index in [0.717, 1.165) is 0 Å². The van der Waals surface area contributed by atoms with E-state index >= 15 is 0 Å². The number of carbonyl (C=O) groups excluding carboxylic acids is 1. The molecule has 0 aliphatic carbocycles. The summed E-state index contributed by atoms with van der Waals surface area (Å²) in [5.74, 6) is 1.61. The van der Waals surface area contributed by atoms with Gasteiger partial charge in [0.2, 0.25) is 10.0 Å². The van der Waals surface area contributed by atoms with Gasteiger partial charge in [-0.1, -0.05) is 5.92 Å². The van der Waals surface area contributed by atoms with Gasteiger partial charge >= 0.3 is 5.97 Å². The van der Waals surface area contributed by atoms with Gasteiger partial charge in [-0.15, -0.1) is 6.42 Å². The fourth-order valence-corrected chi connectivity index (χ4v) is 3.30. The maximum Gasteiger partial charge on any atom is 0.339 e. The molecule has 21 heavy (non-hydrogen) atoms. The average Bonchev–Trinajstić information content (AvgIpc) is 2.53. The van der Waals surface area contributed by atoms with Crippen molar-refractivity contribution in [1.29, 1.82) is 0 Å². The van der Waals surface area contributed by atoms with Crippen molar-refractivity contribution in [3.63, 3.8) is 0 Å². The van der Waals surface area contributed by atoms with Crippen LogP contribution in [0.2, 0.25) is 0 Å². The second-order valence-corrected chi connectivity index (χ2v) is 6.26. The third kappa shape index (κ3) is 3.61. The number of hydrogen-bond donors (Lipinski definition) is 0. The van der Waals surface area contributed by atoms with Crippen LogP contribution in [0.1, 0.15) is 10.4 Å². The molecule has 1 saturated heterocycles. The Hall–Kier alpha value is -1.88. The number of nitrogens with zero attached hydrogens (tertiary/aromatic N) is 1. The van der Waals surface area contributed by atoms with Gasteiger partial charge in [-0.3, -0.25) is 0 Å². The number of terminal acetylenes is 1. The van der Waals surface area contributed by atoms with Crippen LogP contribution in [-0.4, -0.2) is 51.6 Å². The highest BCUT2D eigenvalue weighted by molar-refractivity contribution is 7.89. The number of morpholine rings is 1. The molecule has 0 atom stereocenters. The van der Waals surface area contributed by atoms with Crippen LogP contribution in [0.4, 0.5) is 0 Å². The maximum absolute atomic E-state index is 12.4. The van der Waals surface area contributed by atoms with Gasteiger partial charge < -0.3 is 9.47 Å². The van der Waals surface area contributed by atoms with E-state index in [4.69, 9.17) is 15.9 Å². The highest BCUT2D eigenvalue weighted by atomic mass is 32.2. The second kappa shape index (κ2) is 6.72. The molecule has 0 aromatic heterocycles. The van der Waals surface area contributed by atoms with Gasteiger partial charge in [0.15, 0.2) is 6.61 Å². The van der Waals surface area contributed by atoms with Crippen LogP contribution < -0.4 is 0 Å². The van der Waals surface area contributed by atoms with Crippen LogP contribution >= 0.6 is 0 Å². The summed E-state index contributed by atoms with van der Waals surface area (Å²) in [5, 5.41) is 0. The van der Waals surface area contributed by atoms with E-state index in [9.17, 15) is 13.2 Å². The normalized spacial score (nSPS) is 16.1. The van der Waals surface area contributed by atoms with Crippen LogP contribution in [0.15, 0.2) is 29.2 Å². The van der Waals surface area contributed by atoms with Gasteiger partial charge in [0.05, 0.1) is 23.7 Å². The Kier molecular flexibility index (Phi) is 4.96. The lowest BCUT2D eigenvalue weighted by Crippen LogP contribution is -2.40. The highest BCUT2D eigenvalue weighted by Gasteiger charge is 2.26. The molecule has 0 N–H and O–H groups in total. The molecule has 0 bridgehead atoms. The number of esters is 1. The predicted molar refractivity (Wildman–Crippen MR) is 75.1 cm³/mol. The summed E-state index contributed by atoms with van der Waals surface area (Å²) in [4.78, 5) is 11.7. The number of sulfonamides is 1. The van der Waals surface area contributed by atoms with E-state index < -0.39 is 16.0 Å². The molecule has 1 aliphatic rings. The van der Waals surface area contributed by atoms with Gasteiger partial charge in [0, 0.05) is 13.1 Å². The van der Waals surface area contributed by atoms with Gasteiger partial charge in [-0.05, 0) is 24.3 Å². The molecule has 6 nitrogen and oxygen atoms in total. The summed E-state index contributed by atoms with van der Waals surface area (Å²) >= 11 is 0. The Balaban J connectivity index is 2.14. The molecular weight excluding hydrogens is 294 g/mol. The first-order valence-electron chi connectivity index (χ1n) is 6.34. The van der Waals surface area contributed by atoms with Crippen molar-refractivity contribution in [2.45, 2.75) is 4.90 Å². The van der Waals surface area contributed by atoms with Crippen molar-refractivity contribution in [3.8, 4) is 12.3 Å². The minimum Gasteiger partial charge on any atom is -0.449 e. The lowest BCUT2D eigenvalue weighted by atomic mass is 10.2. The van der Waals surface area contributed by atoms with Crippen LogP contribution in [0.5, 0.6) is 0 Å². The van der Waals surface area contributed by atoms with Crippen LogP contribution in [-0.2, 0) is 19.5 Å². The van der Waals surface area contributed by atoms with Crippen molar-refractivity contribution in [2.24, 2.45) is 0 Å². The molecule has 1 fully saturated rings. The second-order valence-electron chi connectivity index (χ2n) is 4.32. The van der Waals surface area contributed by atoms with Crippen molar-refractivity contribution in [3.05, 3.63) is 29.8 Å². The molecule has 2 rings (SSSR count). The van der Waals surface area contributed by atoms with Crippen molar-refractivity contribution >= 4 is 16.0 Å². The maximum atomic E-state index is 12.4. The van der Waals surface area contributed by atoms with Crippen molar-refractivity contribution < 1.29 is 22.7 Å². The Morgan fingerprint density at radius 1 is 1.29 bits per heavy atom. The molecule has 7 heteroatoms. The summed E-state index contributed by atoms with van der Waals surface area (Å²) < 4.78 is 36.0. The molecule has 0 amide bonds.